The minimum absolute atomic E-state index is 0.219. The van der Waals surface area contributed by atoms with Gasteiger partial charge in [-0.3, -0.25) is 10.6 Å². The van der Waals surface area contributed by atoms with Gasteiger partial charge in [-0.1, -0.05) is 24.3 Å². The summed E-state index contributed by atoms with van der Waals surface area (Å²) >= 11 is 1.71. The van der Waals surface area contributed by atoms with E-state index in [2.05, 4.69) is 70.7 Å². The Morgan fingerprint density at radius 2 is 2.12 bits per heavy atom. The van der Waals surface area contributed by atoms with E-state index in [4.69, 9.17) is 0 Å². The maximum atomic E-state index is 10.4. The number of aliphatic hydroxyl groups excluding tert-OH is 1. The van der Waals surface area contributed by atoms with Gasteiger partial charge in [-0.25, -0.2) is 0 Å². The zero-order chi connectivity index (χ0) is 16.9. The molecule has 5 heteroatoms. The van der Waals surface area contributed by atoms with Gasteiger partial charge in [0.2, 0.25) is 0 Å². The van der Waals surface area contributed by atoms with Gasteiger partial charge >= 0.3 is 0 Å². The number of fused-ring (bicyclic) bond motifs is 1. The molecule has 0 aliphatic heterocycles. The lowest BCUT2D eigenvalue weighted by molar-refractivity contribution is 0.0768. The van der Waals surface area contributed by atoms with E-state index in [1.165, 1.54) is 16.7 Å². The van der Waals surface area contributed by atoms with E-state index in [9.17, 15) is 5.11 Å². The van der Waals surface area contributed by atoms with Gasteiger partial charge < -0.3 is 10.0 Å². The summed E-state index contributed by atoms with van der Waals surface area (Å²) in [6, 6.07) is 11.2. The summed E-state index contributed by atoms with van der Waals surface area (Å²) < 4.78 is 0. The summed E-state index contributed by atoms with van der Waals surface area (Å²) in [6.45, 7) is 0.701. The molecule has 3 N–H and O–H groups in total. The van der Waals surface area contributed by atoms with E-state index in [-0.39, 0.29) is 12.1 Å². The maximum absolute atomic E-state index is 10.4. The summed E-state index contributed by atoms with van der Waals surface area (Å²) in [5.41, 5.74) is 4.01. The molecular weight excluding hydrogens is 318 g/mol. The summed E-state index contributed by atoms with van der Waals surface area (Å²) in [5.74, 6) is 0. The molecule has 1 aromatic heterocycles. The third kappa shape index (κ3) is 4.23. The van der Waals surface area contributed by atoms with Crippen LogP contribution < -0.4 is 10.6 Å². The van der Waals surface area contributed by atoms with Crippen LogP contribution in [0.5, 0.6) is 0 Å². The van der Waals surface area contributed by atoms with Gasteiger partial charge in [0.25, 0.3) is 0 Å². The molecule has 0 saturated carbocycles. The molecule has 0 amide bonds. The zero-order valence-electron chi connectivity index (χ0n) is 14.4. The van der Waals surface area contributed by atoms with Crippen molar-refractivity contribution in [1.29, 1.82) is 0 Å². The van der Waals surface area contributed by atoms with E-state index < -0.39 is 6.35 Å². The molecule has 24 heavy (non-hydrogen) atoms. The summed E-state index contributed by atoms with van der Waals surface area (Å²) in [7, 11) is 4.14. The third-order valence-corrected chi connectivity index (χ3v) is 5.49. The number of aryl methyl sites for hydroxylation is 1. The highest BCUT2D eigenvalue weighted by atomic mass is 32.1. The van der Waals surface area contributed by atoms with Crippen LogP contribution in [-0.2, 0) is 6.42 Å². The number of benzene rings is 1. The molecule has 1 heterocycles. The third-order valence-electron chi connectivity index (χ3n) is 4.78. The normalized spacial score (nSPS) is 19.9. The largest absolute Gasteiger partial charge is 0.365 e. The number of nitrogens with zero attached hydrogens (tertiary/aromatic N) is 1. The van der Waals surface area contributed by atoms with Crippen molar-refractivity contribution in [2.75, 3.05) is 20.6 Å². The molecule has 1 aromatic carbocycles. The second-order valence-corrected chi connectivity index (χ2v) is 7.44. The lowest BCUT2D eigenvalue weighted by Crippen LogP contribution is -2.47. The lowest BCUT2D eigenvalue weighted by atomic mass is 9.88. The van der Waals surface area contributed by atoms with Crippen LogP contribution in [-0.4, -0.2) is 37.0 Å². The maximum Gasteiger partial charge on any atom is 0.161 e. The van der Waals surface area contributed by atoms with Gasteiger partial charge in [0.15, 0.2) is 6.35 Å². The quantitative estimate of drug-likeness (QED) is 0.676. The predicted octanol–water partition coefficient (Wildman–Crippen LogP) is 2.88. The number of hydrogen-bond donors (Lipinski definition) is 3. The lowest BCUT2D eigenvalue weighted by Gasteiger charge is -2.30. The van der Waals surface area contributed by atoms with Crippen molar-refractivity contribution >= 4 is 11.3 Å². The van der Waals surface area contributed by atoms with Gasteiger partial charge in [0, 0.05) is 18.6 Å². The van der Waals surface area contributed by atoms with Crippen LogP contribution in [0.4, 0.5) is 0 Å². The smallest absolute Gasteiger partial charge is 0.161 e. The van der Waals surface area contributed by atoms with Crippen molar-refractivity contribution < 1.29 is 5.11 Å². The molecular formula is C19H27N3OS. The van der Waals surface area contributed by atoms with E-state index in [0.717, 1.165) is 19.3 Å². The number of likely N-dealkylation sites (N-methyl/N-ethyl adjacent to an activating group) is 1. The van der Waals surface area contributed by atoms with Crippen molar-refractivity contribution in [2.45, 2.75) is 37.7 Å². The Balaban J connectivity index is 1.57. The van der Waals surface area contributed by atoms with Gasteiger partial charge in [-0.2, -0.15) is 11.3 Å². The highest BCUT2D eigenvalue weighted by molar-refractivity contribution is 7.07. The average molecular weight is 346 g/mol. The van der Waals surface area contributed by atoms with Crippen LogP contribution >= 0.6 is 11.3 Å². The molecule has 130 valence electrons. The fraction of sp³-hybridized carbons (Fsp3) is 0.474. The first kappa shape index (κ1) is 17.6. The van der Waals surface area contributed by atoms with Gasteiger partial charge in [0.05, 0.1) is 0 Å². The van der Waals surface area contributed by atoms with Gasteiger partial charge in [-0.15, -0.1) is 0 Å². The molecule has 3 atom stereocenters. The minimum Gasteiger partial charge on any atom is -0.365 e. The molecule has 0 bridgehead atoms. The van der Waals surface area contributed by atoms with E-state index >= 15 is 0 Å². The van der Waals surface area contributed by atoms with Gasteiger partial charge in [-0.05, 0) is 66.9 Å². The molecule has 0 radical (unpaired) electrons. The Hall–Kier alpha value is -1.24. The average Bonchev–Trinajstić information content (AvgIpc) is 3.09. The topological polar surface area (TPSA) is 47.5 Å². The summed E-state index contributed by atoms with van der Waals surface area (Å²) in [5, 5.41) is 21.3. The number of nitrogens with one attached hydrogen (secondary N) is 2. The van der Waals surface area contributed by atoms with E-state index in [1.54, 1.807) is 11.3 Å². The summed E-state index contributed by atoms with van der Waals surface area (Å²) in [4.78, 5) is 2.18. The Kier molecular flexibility index (Phi) is 6.03. The van der Waals surface area contributed by atoms with E-state index in [1.807, 2.05) is 0 Å². The van der Waals surface area contributed by atoms with Crippen molar-refractivity contribution in [3.63, 3.8) is 0 Å². The molecule has 1 aliphatic rings. The predicted molar refractivity (Wildman–Crippen MR) is 100 cm³/mol. The Labute approximate surface area is 148 Å². The highest BCUT2D eigenvalue weighted by Gasteiger charge is 2.22. The minimum atomic E-state index is -0.706. The van der Waals surface area contributed by atoms with Crippen LogP contribution in [0, 0.1) is 0 Å². The first-order valence-electron chi connectivity index (χ1n) is 8.59. The van der Waals surface area contributed by atoms with E-state index in [0.29, 0.717) is 6.54 Å². The fourth-order valence-corrected chi connectivity index (χ4v) is 4.17. The van der Waals surface area contributed by atoms with Crippen LogP contribution in [0.2, 0.25) is 0 Å². The second kappa shape index (κ2) is 8.23. The standard InChI is InChI=1S/C19H27N3OS/c1-22(2)18(15-10-11-24-13-15)12-20-19(23)21-17-9-5-7-14-6-3-4-8-16(14)17/h3-4,6,8,10-11,13,17-21,23H,5,7,9,12H2,1-2H3. The molecule has 1 aliphatic carbocycles. The Morgan fingerprint density at radius 1 is 1.29 bits per heavy atom. The monoisotopic (exact) mass is 345 g/mol. The fourth-order valence-electron chi connectivity index (χ4n) is 3.46. The molecule has 3 unspecified atom stereocenters. The highest BCUT2D eigenvalue weighted by Crippen LogP contribution is 2.29. The molecule has 4 nitrogen and oxygen atoms in total. The molecule has 3 rings (SSSR count). The first-order chi connectivity index (χ1) is 11.6. The van der Waals surface area contributed by atoms with Crippen LogP contribution in [0.1, 0.15) is 41.6 Å². The first-order valence-corrected chi connectivity index (χ1v) is 9.53. The SMILES string of the molecule is CN(C)C(CNC(O)NC1CCCc2ccccc21)c1ccsc1. The number of hydrogen-bond acceptors (Lipinski definition) is 5. The van der Waals surface area contributed by atoms with Crippen molar-refractivity contribution in [2.24, 2.45) is 0 Å². The Bertz CT molecular complexity index is 629. The Morgan fingerprint density at radius 3 is 2.88 bits per heavy atom. The zero-order valence-corrected chi connectivity index (χ0v) is 15.2. The van der Waals surface area contributed by atoms with Gasteiger partial charge in [0.1, 0.15) is 0 Å². The van der Waals surface area contributed by atoms with Crippen molar-refractivity contribution in [1.82, 2.24) is 15.5 Å². The number of thiophene rings is 1. The molecule has 0 fully saturated rings. The summed E-state index contributed by atoms with van der Waals surface area (Å²) in [6.07, 6.45) is 2.66. The van der Waals surface area contributed by atoms with Crippen LogP contribution in [0.25, 0.3) is 0 Å². The van der Waals surface area contributed by atoms with Crippen LogP contribution in [0.15, 0.2) is 41.1 Å². The number of rotatable bonds is 7. The van der Waals surface area contributed by atoms with Crippen molar-refractivity contribution in [3.8, 4) is 0 Å². The molecule has 0 saturated heterocycles. The van der Waals surface area contributed by atoms with Crippen molar-refractivity contribution in [3.05, 3.63) is 57.8 Å². The molecule has 0 spiro atoms. The van der Waals surface area contributed by atoms with Crippen LogP contribution in [0.3, 0.4) is 0 Å². The second-order valence-electron chi connectivity index (χ2n) is 6.66. The number of aliphatic hydroxyl groups is 1. The molecule has 2 aromatic rings.